The lowest BCUT2D eigenvalue weighted by molar-refractivity contribution is -0.154. The number of nitrogens with zero attached hydrogens (tertiary/aromatic N) is 4. The quantitative estimate of drug-likeness (QED) is 0.0264. The zero-order valence-corrected chi connectivity index (χ0v) is 56.4. The van der Waals surface area contributed by atoms with Crippen LogP contribution in [-0.2, 0) is 57.2 Å². The maximum absolute atomic E-state index is 12.6. The molecule has 0 heterocycles. The monoisotopic (exact) mass is 1230 g/mol. The fourth-order valence-corrected chi connectivity index (χ4v) is 11.1. The Kier molecular flexibility index (Phi) is 57.1. The molecule has 83 heavy (non-hydrogen) atoms. The molecule has 0 radical (unpaired) electrons. The molecule has 0 N–H and O–H groups in total. The Bertz CT molecular complexity index is 1510. The van der Waals surface area contributed by atoms with E-state index in [4.69, 9.17) is 28.4 Å². The molecule has 0 aromatic rings. The molecule has 0 rings (SSSR count). The lowest BCUT2D eigenvalue weighted by Crippen LogP contribution is -2.42. The van der Waals surface area contributed by atoms with E-state index in [0.717, 1.165) is 23.0 Å². The molecule has 0 saturated heterocycles. The Hall–Kier alpha value is -2.29. The van der Waals surface area contributed by atoms with Gasteiger partial charge in [-0.05, 0) is 45.5 Å². The third kappa shape index (κ3) is 53.7. The maximum Gasteiger partial charge on any atom is 0.309 e. The van der Waals surface area contributed by atoms with Gasteiger partial charge in [0.1, 0.15) is 39.6 Å². The molecule has 16 nitrogen and oxygen atoms in total. The van der Waals surface area contributed by atoms with Crippen LogP contribution in [0, 0.1) is 17.8 Å². The van der Waals surface area contributed by atoms with Crippen LogP contribution < -0.4 is 0 Å². The number of thioether (sulfide) groups is 2. The molecule has 0 spiro atoms. The van der Waals surface area contributed by atoms with Crippen molar-refractivity contribution in [3.05, 3.63) is 0 Å². The summed E-state index contributed by atoms with van der Waals surface area (Å²) in [5, 5.41) is 0. The van der Waals surface area contributed by atoms with Gasteiger partial charge in [-0.1, -0.05) is 176 Å². The number of ether oxygens (including phenoxy) is 6. The Morgan fingerprint density at radius 2 is 0.602 bits per heavy atom. The lowest BCUT2D eigenvalue weighted by Gasteiger charge is -2.29. The highest BCUT2D eigenvalue weighted by atomic mass is 32.2. The highest BCUT2D eigenvalue weighted by Gasteiger charge is 2.18. The molecule has 19 heteroatoms. The summed E-state index contributed by atoms with van der Waals surface area (Å²) >= 11 is 7.72. The number of esters is 6. The summed E-state index contributed by atoms with van der Waals surface area (Å²) in [4.78, 5) is 83.2. The third-order valence-electron chi connectivity index (χ3n) is 14.8. The Morgan fingerprint density at radius 1 is 0.349 bits per heavy atom. The SMILES string of the molecule is CCCCCCCCCCCCCCSCC(C)C(=O)OCCOC(=O)CCN(C)CCN(CCN(C)CCC(=O)OCCOC(=O)C(C)CS)CCN(C)CCC(=O)OCCOC(=O)C(C)CSCCCCCCCCCCCCCC. The predicted molar refractivity (Wildman–Crippen MR) is 347 cm³/mol. The molecule has 0 amide bonds. The summed E-state index contributed by atoms with van der Waals surface area (Å²) < 4.78 is 32.0. The van der Waals surface area contributed by atoms with E-state index in [0.29, 0.717) is 64.7 Å². The molecular weight excluding hydrogens is 1110 g/mol. The van der Waals surface area contributed by atoms with Crippen LogP contribution in [0.25, 0.3) is 0 Å². The molecule has 0 aliphatic rings. The van der Waals surface area contributed by atoms with Crippen molar-refractivity contribution in [2.45, 2.75) is 208 Å². The second-order valence-electron chi connectivity index (χ2n) is 23.0. The first-order valence-electron chi connectivity index (χ1n) is 32.6. The lowest BCUT2D eigenvalue weighted by atomic mass is 10.1. The predicted octanol–water partition coefficient (Wildman–Crippen LogP) is 12.2. The molecule has 0 fully saturated rings. The van der Waals surface area contributed by atoms with Crippen LogP contribution in [0.1, 0.15) is 208 Å². The van der Waals surface area contributed by atoms with Crippen molar-refractivity contribution >= 4 is 72.0 Å². The zero-order chi connectivity index (χ0) is 61.4. The van der Waals surface area contributed by atoms with Gasteiger partial charge in [0, 0.05) is 76.2 Å². The van der Waals surface area contributed by atoms with E-state index in [9.17, 15) is 28.8 Å². The summed E-state index contributed by atoms with van der Waals surface area (Å²) in [5.41, 5.74) is 0. The van der Waals surface area contributed by atoms with E-state index in [1.165, 1.54) is 154 Å². The second-order valence-corrected chi connectivity index (χ2v) is 25.6. The Morgan fingerprint density at radius 3 is 0.880 bits per heavy atom. The van der Waals surface area contributed by atoms with E-state index in [2.05, 4.69) is 46.1 Å². The minimum Gasteiger partial charge on any atom is -0.462 e. The van der Waals surface area contributed by atoms with Crippen molar-refractivity contribution in [2.75, 3.05) is 148 Å². The second kappa shape index (κ2) is 58.7. The number of likely N-dealkylation sites (N-methyl/N-ethyl adjacent to an activating group) is 3. The summed E-state index contributed by atoms with van der Waals surface area (Å²) in [7, 11) is 5.88. The van der Waals surface area contributed by atoms with Gasteiger partial charge in [-0.2, -0.15) is 36.2 Å². The molecule has 3 atom stereocenters. The first kappa shape index (κ1) is 80.7. The van der Waals surface area contributed by atoms with Crippen LogP contribution in [-0.4, -0.2) is 204 Å². The van der Waals surface area contributed by atoms with Crippen molar-refractivity contribution in [1.82, 2.24) is 19.6 Å². The minimum atomic E-state index is -0.371. The van der Waals surface area contributed by atoms with Crippen LogP contribution in [0.15, 0.2) is 0 Å². The normalized spacial score (nSPS) is 12.7. The maximum atomic E-state index is 12.6. The molecule has 0 saturated carbocycles. The third-order valence-corrected chi connectivity index (χ3v) is 17.9. The summed E-state index contributed by atoms with van der Waals surface area (Å²) in [6, 6.07) is 0. The van der Waals surface area contributed by atoms with Crippen LogP contribution in [0.3, 0.4) is 0 Å². The number of rotatable bonds is 61. The van der Waals surface area contributed by atoms with Crippen LogP contribution in [0.2, 0.25) is 0 Å². The van der Waals surface area contributed by atoms with Gasteiger partial charge < -0.3 is 43.1 Å². The van der Waals surface area contributed by atoms with Gasteiger partial charge in [0.2, 0.25) is 0 Å². The van der Waals surface area contributed by atoms with Gasteiger partial charge in [-0.25, -0.2) is 0 Å². The number of carbonyl (C=O) groups is 6. The number of hydrogen-bond donors (Lipinski definition) is 1. The van der Waals surface area contributed by atoms with Gasteiger partial charge in [0.25, 0.3) is 0 Å². The van der Waals surface area contributed by atoms with Crippen molar-refractivity contribution in [3.63, 3.8) is 0 Å². The van der Waals surface area contributed by atoms with Gasteiger partial charge in [-0.3, -0.25) is 33.7 Å². The molecule has 0 aromatic heterocycles. The summed E-state index contributed by atoms with van der Waals surface area (Å²) in [5.74, 6) is 1.22. The minimum absolute atomic E-state index is 0.000638. The zero-order valence-electron chi connectivity index (χ0n) is 53.9. The average Bonchev–Trinajstić information content (AvgIpc) is 3.48. The largest absolute Gasteiger partial charge is 0.462 e. The Labute approximate surface area is 520 Å². The van der Waals surface area contributed by atoms with Crippen molar-refractivity contribution in [2.24, 2.45) is 17.8 Å². The van der Waals surface area contributed by atoms with Gasteiger partial charge in [-0.15, -0.1) is 0 Å². The highest BCUT2D eigenvalue weighted by Crippen LogP contribution is 2.18. The highest BCUT2D eigenvalue weighted by molar-refractivity contribution is 7.99. The van der Waals surface area contributed by atoms with E-state index in [1.807, 2.05) is 35.0 Å². The van der Waals surface area contributed by atoms with E-state index in [-0.39, 0.29) is 112 Å². The first-order chi connectivity index (χ1) is 40.1. The smallest absolute Gasteiger partial charge is 0.309 e. The fourth-order valence-electron chi connectivity index (χ4n) is 8.81. The van der Waals surface area contributed by atoms with Crippen LogP contribution in [0.4, 0.5) is 0 Å². The molecular formula is C64H122N4O12S3. The molecule has 0 bridgehead atoms. The van der Waals surface area contributed by atoms with Gasteiger partial charge >= 0.3 is 35.8 Å². The number of hydrogen-bond acceptors (Lipinski definition) is 19. The van der Waals surface area contributed by atoms with Gasteiger partial charge in [0.15, 0.2) is 0 Å². The fraction of sp³-hybridized carbons (Fsp3) is 0.906. The number of unbranched alkanes of at least 4 members (excludes halogenated alkanes) is 22. The van der Waals surface area contributed by atoms with E-state index in [1.54, 1.807) is 30.4 Å². The van der Waals surface area contributed by atoms with Crippen molar-refractivity contribution in [1.29, 1.82) is 0 Å². The van der Waals surface area contributed by atoms with E-state index < -0.39 is 0 Å². The summed E-state index contributed by atoms with van der Waals surface area (Å²) in [6.45, 7) is 15.8. The van der Waals surface area contributed by atoms with Crippen molar-refractivity contribution < 1.29 is 57.2 Å². The summed E-state index contributed by atoms with van der Waals surface area (Å²) in [6.07, 6.45) is 32.5. The number of carbonyl (C=O) groups excluding carboxylic acids is 6. The van der Waals surface area contributed by atoms with E-state index >= 15 is 0 Å². The number of thiol groups is 1. The molecule has 0 aromatic carbocycles. The molecule has 0 aliphatic carbocycles. The first-order valence-corrected chi connectivity index (χ1v) is 35.6. The van der Waals surface area contributed by atoms with Crippen molar-refractivity contribution in [3.8, 4) is 0 Å². The van der Waals surface area contributed by atoms with Crippen LogP contribution in [0.5, 0.6) is 0 Å². The average molecular weight is 1240 g/mol. The van der Waals surface area contributed by atoms with Crippen LogP contribution >= 0.6 is 36.2 Å². The molecule has 488 valence electrons. The topological polar surface area (TPSA) is 171 Å². The molecule has 0 aliphatic heterocycles. The van der Waals surface area contributed by atoms with Gasteiger partial charge in [0.05, 0.1) is 37.0 Å². The Balaban J connectivity index is 4.66. The molecule has 3 unspecified atom stereocenters. The standard InChI is InChI=1S/C64H122N4O12S3/c1-9-11-13-15-17-19-21-23-25-27-29-31-51-82-54-57(4)63(73)79-49-46-76-60(70)34-37-66(7)40-43-68(42-39-65(6)36-33-59(69)75-45-48-78-62(72)56(3)53-81)44-41-67(8)38-35-61(71)77-47-50-80-64(74)58(5)55-83-52-32-30-28-26-24-22-20-18-16-14-12-10-2/h56-58,81H,9-55H2,1-8H3.